The van der Waals surface area contributed by atoms with Gasteiger partial charge in [0.05, 0.1) is 11.7 Å². The normalized spacial score (nSPS) is 19.8. The van der Waals surface area contributed by atoms with Crippen LogP contribution in [0.15, 0.2) is 41.4 Å². The highest BCUT2D eigenvalue weighted by Crippen LogP contribution is 2.42. The second kappa shape index (κ2) is 4.78. The van der Waals surface area contributed by atoms with Crippen LogP contribution in [0.5, 0.6) is 0 Å². The van der Waals surface area contributed by atoms with Gasteiger partial charge in [-0.2, -0.15) is 5.10 Å². The van der Waals surface area contributed by atoms with Gasteiger partial charge in [0.25, 0.3) is 0 Å². The molecule has 0 bridgehead atoms. The number of benzene rings is 1. The Morgan fingerprint density at radius 3 is 2.89 bits per heavy atom. The van der Waals surface area contributed by atoms with Gasteiger partial charge in [0.1, 0.15) is 0 Å². The minimum absolute atomic E-state index is 0.309. The van der Waals surface area contributed by atoms with Crippen molar-refractivity contribution in [1.29, 1.82) is 0 Å². The molecule has 3 rings (SSSR count). The molecular weight excluding hydrogens is 242 g/mol. The maximum Gasteiger partial charge on any atom is 0.0805 e. The molecule has 0 saturated carbocycles. The molecule has 0 radical (unpaired) electrons. The SMILES string of the molecule is CNC(c1ccn(C)n1)C1Cc2ccccc2S1. The molecule has 0 aliphatic carbocycles. The first kappa shape index (κ1) is 11.8. The molecule has 0 spiro atoms. The molecule has 2 atom stereocenters. The van der Waals surface area contributed by atoms with E-state index < -0.39 is 0 Å². The van der Waals surface area contributed by atoms with Crippen molar-refractivity contribution in [3.63, 3.8) is 0 Å². The van der Waals surface area contributed by atoms with Gasteiger partial charge in [-0.1, -0.05) is 18.2 Å². The molecule has 1 aliphatic rings. The van der Waals surface area contributed by atoms with Gasteiger partial charge >= 0.3 is 0 Å². The van der Waals surface area contributed by atoms with Crippen LogP contribution < -0.4 is 5.32 Å². The molecule has 1 N–H and O–H groups in total. The fourth-order valence-corrected chi connectivity index (χ4v) is 3.98. The number of fused-ring (bicyclic) bond motifs is 1. The predicted molar refractivity (Wildman–Crippen MR) is 74.8 cm³/mol. The summed E-state index contributed by atoms with van der Waals surface area (Å²) in [5, 5.41) is 8.47. The van der Waals surface area contributed by atoms with Gasteiger partial charge < -0.3 is 5.32 Å². The van der Waals surface area contributed by atoms with Crippen molar-refractivity contribution in [3.05, 3.63) is 47.8 Å². The molecule has 18 heavy (non-hydrogen) atoms. The summed E-state index contributed by atoms with van der Waals surface area (Å²) < 4.78 is 1.87. The maximum absolute atomic E-state index is 4.53. The topological polar surface area (TPSA) is 29.9 Å². The van der Waals surface area contributed by atoms with Crippen molar-refractivity contribution in [2.24, 2.45) is 7.05 Å². The number of aromatic nitrogens is 2. The number of hydrogen-bond donors (Lipinski definition) is 1. The molecular formula is C14H17N3S. The zero-order valence-corrected chi connectivity index (χ0v) is 11.4. The van der Waals surface area contributed by atoms with Crippen LogP contribution in [0.2, 0.25) is 0 Å². The lowest BCUT2D eigenvalue weighted by atomic mass is 10.0. The van der Waals surface area contributed by atoms with Gasteiger partial charge in [0, 0.05) is 23.4 Å². The smallest absolute Gasteiger partial charge is 0.0805 e. The van der Waals surface area contributed by atoms with E-state index in [-0.39, 0.29) is 0 Å². The van der Waals surface area contributed by atoms with E-state index in [0.717, 1.165) is 12.1 Å². The molecule has 0 saturated heterocycles. The Bertz CT molecular complexity index is 524. The largest absolute Gasteiger partial charge is 0.311 e. The van der Waals surface area contributed by atoms with Crippen LogP contribution in [0.25, 0.3) is 0 Å². The van der Waals surface area contributed by atoms with Crippen molar-refractivity contribution >= 4 is 11.8 Å². The number of thioether (sulfide) groups is 1. The fraction of sp³-hybridized carbons (Fsp3) is 0.357. The molecule has 2 heterocycles. The average molecular weight is 259 g/mol. The standard InChI is InChI=1S/C14H17N3S/c1-15-14(11-7-8-17(2)16-11)13-9-10-5-3-4-6-12(10)18-13/h3-8,13-15H,9H2,1-2H3. The molecule has 2 aromatic rings. The first-order valence-electron chi connectivity index (χ1n) is 6.19. The second-order valence-electron chi connectivity index (χ2n) is 4.65. The summed E-state index contributed by atoms with van der Waals surface area (Å²) in [5.41, 5.74) is 2.59. The highest BCUT2D eigenvalue weighted by molar-refractivity contribution is 8.00. The zero-order valence-electron chi connectivity index (χ0n) is 10.6. The lowest BCUT2D eigenvalue weighted by Gasteiger charge is -2.20. The van der Waals surface area contributed by atoms with Gasteiger partial charge in [-0.3, -0.25) is 4.68 Å². The number of nitrogens with zero attached hydrogens (tertiary/aromatic N) is 2. The van der Waals surface area contributed by atoms with E-state index in [9.17, 15) is 0 Å². The molecule has 1 aromatic heterocycles. The van der Waals surface area contributed by atoms with Crippen LogP contribution in [0.1, 0.15) is 17.3 Å². The number of rotatable bonds is 3. The Kier molecular flexibility index (Phi) is 3.14. The maximum atomic E-state index is 4.53. The third-order valence-corrected chi connectivity index (χ3v) is 4.80. The Morgan fingerprint density at radius 2 is 2.22 bits per heavy atom. The fourth-order valence-electron chi connectivity index (χ4n) is 2.52. The summed E-state index contributed by atoms with van der Waals surface area (Å²) in [6.07, 6.45) is 3.12. The van der Waals surface area contributed by atoms with Crippen molar-refractivity contribution in [2.75, 3.05) is 7.05 Å². The second-order valence-corrected chi connectivity index (χ2v) is 5.93. The van der Waals surface area contributed by atoms with Gasteiger partial charge in [-0.15, -0.1) is 11.8 Å². The first-order chi connectivity index (χ1) is 8.78. The average Bonchev–Trinajstić information content (AvgIpc) is 2.96. The summed E-state index contributed by atoms with van der Waals surface area (Å²) in [6, 6.07) is 11.1. The minimum atomic E-state index is 0.309. The number of aryl methyl sites for hydroxylation is 1. The highest BCUT2D eigenvalue weighted by atomic mass is 32.2. The highest BCUT2D eigenvalue weighted by Gasteiger charge is 2.30. The van der Waals surface area contributed by atoms with E-state index in [1.54, 1.807) is 0 Å². The van der Waals surface area contributed by atoms with E-state index in [0.29, 0.717) is 11.3 Å². The van der Waals surface area contributed by atoms with Gasteiger partial charge in [0.15, 0.2) is 0 Å². The molecule has 1 aliphatic heterocycles. The molecule has 0 fully saturated rings. The van der Waals surface area contributed by atoms with Crippen molar-refractivity contribution < 1.29 is 0 Å². The summed E-state index contributed by atoms with van der Waals surface area (Å²) in [7, 11) is 3.98. The molecule has 94 valence electrons. The van der Waals surface area contributed by atoms with Gasteiger partial charge in [-0.05, 0) is 31.2 Å². The molecule has 3 nitrogen and oxygen atoms in total. The summed E-state index contributed by atoms with van der Waals surface area (Å²) in [5.74, 6) is 0. The van der Waals surface area contributed by atoms with Gasteiger partial charge in [0.2, 0.25) is 0 Å². The van der Waals surface area contributed by atoms with E-state index in [1.807, 2.05) is 36.7 Å². The number of hydrogen-bond acceptors (Lipinski definition) is 3. The summed E-state index contributed by atoms with van der Waals surface area (Å²) in [6.45, 7) is 0. The number of nitrogens with one attached hydrogen (secondary N) is 1. The lowest BCUT2D eigenvalue weighted by molar-refractivity contribution is 0.544. The minimum Gasteiger partial charge on any atom is -0.311 e. The Morgan fingerprint density at radius 1 is 1.39 bits per heavy atom. The molecule has 2 unspecified atom stereocenters. The molecule has 4 heteroatoms. The quantitative estimate of drug-likeness (QED) is 0.918. The Hall–Kier alpha value is -1.26. The van der Waals surface area contributed by atoms with Crippen LogP contribution in [-0.4, -0.2) is 22.1 Å². The van der Waals surface area contributed by atoms with Crippen LogP contribution in [0, 0.1) is 0 Å². The van der Waals surface area contributed by atoms with Crippen LogP contribution >= 0.6 is 11.8 Å². The predicted octanol–water partition coefficient (Wildman–Crippen LogP) is 2.40. The Labute approximate surface area is 112 Å². The van der Waals surface area contributed by atoms with Gasteiger partial charge in [-0.25, -0.2) is 0 Å². The van der Waals surface area contributed by atoms with E-state index in [4.69, 9.17) is 0 Å². The van der Waals surface area contributed by atoms with E-state index in [1.165, 1.54) is 10.5 Å². The van der Waals surface area contributed by atoms with Crippen molar-refractivity contribution in [3.8, 4) is 0 Å². The summed E-state index contributed by atoms with van der Waals surface area (Å²) >= 11 is 1.96. The van der Waals surface area contributed by atoms with E-state index >= 15 is 0 Å². The molecule has 0 amide bonds. The van der Waals surface area contributed by atoms with Crippen molar-refractivity contribution in [2.45, 2.75) is 22.6 Å². The van der Waals surface area contributed by atoms with Crippen LogP contribution in [-0.2, 0) is 13.5 Å². The Balaban J connectivity index is 1.83. The third kappa shape index (κ3) is 2.06. The van der Waals surface area contributed by atoms with E-state index in [2.05, 4.69) is 40.7 Å². The first-order valence-corrected chi connectivity index (χ1v) is 7.07. The summed E-state index contributed by atoms with van der Waals surface area (Å²) in [4.78, 5) is 1.42. The zero-order chi connectivity index (χ0) is 12.5. The molecule has 1 aromatic carbocycles. The van der Waals surface area contributed by atoms with Crippen LogP contribution in [0.4, 0.5) is 0 Å². The monoisotopic (exact) mass is 259 g/mol. The lowest BCUT2D eigenvalue weighted by Crippen LogP contribution is -2.27. The third-order valence-electron chi connectivity index (χ3n) is 3.41. The van der Waals surface area contributed by atoms with Crippen molar-refractivity contribution in [1.82, 2.24) is 15.1 Å². The van der Waals surface area contributed by atoms with Crippen LogP contribution in [0.3, 0.4) is 0 Å².